The van der Waals surface area contributed by atoms with Crippen molar-refractivity contribution in [3.05, 3.63) is 45.8 Å². The largest absolute Gasteiger partial charge is 0.324 e. The predicted octanol–water partition coefficient (Wildman–Crippen LogP) is 5.22. The fourth-order valence-electron chi connectivity index (χ4n) is 2.29. The van der Waals surface area contributed by atoms with E-state index < -0.39 is 11.1 Å². The van der Waals surface area contributed by atoms with Crippen molar-refractivity contribution < 1.29 is 9.18 Å². The van der Waals surface area contributed by atoms with Crippen LogP contribution in [0.4, 0.5) is 10.1 Å². The Morgan fingerprint density at radius 3 is 2.84 bits per heavy atom. The van der Waals surface area contributed by atoms with Gasteiger partial charge >= 0.3 is 0 Å². The third-order valence-electron chi connectivity index (χ3n) is 3.78. The first-order valence-electron chi connectivity index (χ1n) is 7.50. The molecule has 8 heteroatoms. The van der Waals surface area contributed by atoms with E-state index >= 15 is 0 Å². The third-order valence-corrected chi connectivity index (χ3v) is 6.31. The number of carbonyl (C=O) groups excluding carboxylic acids is 1. The monoisotopic (exact) mass is 395 g/mol. The van der Waals surface area contributed by atoms with Gasteiger partial charge in [0.25, 0.3) is 0 Å². The Morgan fingerprint density at radius 2 is 2.12 bits per heavy atom. The molecule has 0 unspecified atom stereocenters. The van der Waals surface area contributed by atoms with Crippen LogP contribution in [0.15, 0.2) is 29.6 Å². The lowest BCUT2D eigenvalue weighted by Gasteiger charge is -2.13. The molecular formula is C17H15ClFN3OS2. The van der Waals surface area contributed by atoms with Crippen molar-refractivity contribution in [2.45, 2.75) is 31.0 Å². The van der Waals surface area contributed by atoms with E-state index in [9.17, 15) is 9.18 Å². The lowest BCUT2D eigenvalue weighted by molar-refractivity contribution is -0.115. The van der Waals surface area contributed by atoms with Gasteiger partial charge in [-0.2, -0.15) is 0 Å². The van der Waals surface area contributed by atoms with E-state index in [0.29, 0.717) is 5.69 Å². The summed E-state index contributed by atoms with van der Waals surface area (Å²) in [5, 5.41) is 4.26. The van der Waals surface area contributed by atoms with Crippen molar-refractivity contribution in [2.75, 3.05) is 5.32 Å². The maximum atomic E-state index is 13.1. The number of fused-ring (bicyclic) bond motifs is 1. The summed E-state index contributed by atoms with van der Waals surface area (Å²) < 4.78 is 13.1. The standard InChI is InChI=1S/C17H15ClFN3OS2/c1-8-9(2)24-16-14(8)17(21-7-20-16)25-10(3)15(23)22-13-5-4-11(19)6-12(13)18/h4-7,10H,1-3H3,(H,22,23)/t10-/m1/s1. The highest BCUT2D eigenvalue weighted by Gasteiger charge is 2.20. The molecule has 0 aliphatic carbocycles. The minimum absolute atomic E-state index is 0.166. The van der Waals surface area contributed by atoms with Gasteiger partial charge in [0.15, 0.2) is 0 Å². The molecule has 0 bridgehead atoms. The van der Waals surface area contributed by atoms with E-state index in [1.807, 2.05) is 13.8 Å². The number of amides is 1. The molecule has 4 nitrogen and oxygen atoms in total. The summed E-state index contributed by atoms with van der Waals surface area (Å²) in [5.74, 6) is -0.674. The molecule has 0 saturated carbocycles. The molecule has 0 saturated heterocycles. The zero-order valence-electron chi connectivity index (χ0n) is 13.8. The van der Waals surface area contributed by atoms with Crippen LogP contribution in [0.3, 0.4) is 0 Å². The number of aryl methyl sites for hydroxylation is 2. The lowest BCUT2D eigenvalue weighted by atomic mass is 10.2. The molecule has 3 aromatic rings. The molecule has 0 aliphatic heterocycles. The van der Waals surface area contributed by atoms with E-state index in [0.717, 1.165) is 20.8 Å². The number of hydrogen-bond donors (Lipinski definition) is 1. The molecule has 0 fully saturated rings. The second kappa shape index (κ2) is 7.27. The quantitative estimate of drug-likeness (QED) is 0.486. The van der Waals surface area contributed by atoms with Crippen LogP contribution in [-0.2, 0) is 4.79 Å². The average molecular weight is 396 g/mol. The van der Waals surface area contributed by atoms with Crippen LogP contribution in [0.25, 0.3) is 10.2 Å². The van der Waals surface area contributed by atoms with Gasteiger partial charge in [-0.15, -0.1) is 11.3 Å². The number of thiophene rings is 1. The van der Waals surface area contributed by atoms with Gasteiger partial charge in [0.1, 0.15) is 22.0 Å². The zero-order chi connectivity index (χ0) is 18.1. The van der Waals surface area contributed by atoms with Crippen LogP contribution in [0.1, 0.15) is 17.4 Å². The topological polar surface area (TPSA) is 54.9 Å². The number of halogens is 2. The molecule has 1 amide bonds. The molecule has 0 spiro atoms. The number of nitrogens with one attached hydrogen (secondary N) is 1. The molecule has 1 N–H and O–H groups in total. The smallest absolute Gasteiger partial charge is 0.237 e. The Hall–Kier alpha value is -1.70. The molecular weight excluding hydrogens is 381 g/mol. The number of benzene rings is 1. The Morgan fingerprint density at radius 1 is 1.36 bits per heavy atom. The van der Waals surface area contributed by atoms with E-state index in [4.69, 9.17) is 11.6 Å². The van der Waals surface area contributed by atoms with E-state index in [-0.39, 0.29) is 10.9 Å². The molecule has 1 aromatic carbocycles. The van der Waals surface area contributed by atoms with Crippen molar-refractivity contribution in [1.82, 2.24) is 9.97 Å². The number of carbonyl (C=O) groups is 1. The molecule has 0 radical (unpaired) electrons. The van der Waals surface area contributed by atoms with Crippen LogP contribution in [0, 0.1) is 19.7 Å². The van der Waals surface area contributed by atoms with Crippen molar-refractivity contribution in [1.29, 1.82) is 0 Å². The highest BCUT2D eigenvalue weighted by atomic mass is 35.5. The van der Waals surface area contributed by atoms with Gasteiger partial charge in [-0.3, -0.25) is 4.79 Å². The zero-order valence-corrected chi connectivity index (χ0v) is 16.2. The van der Waals surface area contributed by atoms with Gasteiger partial charge in [0.2, 0.25) is 5.91 Å². The highest BCUT2D eigenvalue weighted by Crippen LogP contribution is 2.36. The summed E-state index contributed by atoms with van der Waals surface area (Å²) in [6.07, 6.45) is 1.52. The lowest BCUT2D eigenvalue weighted by Crippen LogP contribution is -2.22. The minimum atomic E-state index is -0.447. The predicted molar refractivity (Wildman–Crippen MR) is 102 cm³/mol. The van der Waals surface area contributed by atoms with Gasteiger partial charge in [-0.1, -0.05) is 23.4 Å². The number of rotatable bonds is 4. The van der Waals surface area contributed by atoms with E-state index in [1.54, 1.807) is 18.3 Å². The van der Waals surface area contributed by atoms with Crippen LogP contribution in [-0.4, -0.2) is 21.1 Å². The molecule has 130 valence electrons. The van der Waals surface area contributed by atoms with Gasteiger partial charge in [0.05, 0.1) is 16.0 Å². The molecule has 0 aliphatic rings. The number of anilines is 1. The average Bonchev–Trinajstić information content (AvgIpc) is 2.85. The second-order valence-corrected chi connectivity index (χ2v) is 8.46. The molecule has 2 aromatic heterocycles. The normalized spacial score (nSPS) is 12.4. The summed E-state index contributed by atoms with van der Waals surface area (Å²) >= 11 is 8.94. The maximum absolute atomic E-state index is 13.1. The summed E-state index contributed by atoms with van der Waals surface area (Å²) in [6.45, 7) is 5.87. The van der Waals surface area contributed by atoms with Gasteiger partial charge in [-0.25, -0.2) is 14.4 Å². The fraction of sp³-hybridized carbons (Fsp3) is 0.235. The fourth-order valence-corrected chi connectivity index (χ4v) is 4.54. The van der Waals surface area contributed by atoms with Gasteiger partial charge < -0.3 is 5.32 Å². The summed E-state index contributed by atoms with van der Waals surface area (Å²) in [7, 11) is 0. The third kappa shape index (κ3) is 3.78. The Balaban J connectivity index is 1.80. The Kier molecular flexibility index (Phi) is 5.27. The minimum Gasteiger partial charge on any atom is -0.324 e. The number of nitrogens with zero attached hydrogens (tertiary/aromatic N) is 2. The van der Waals surface area contributed by atoms with Crippen molar-refractivity contribution >= 4 is 56.5 Å². The van der Waals surface area contributed by atoms with Crippen molar-refractivity contribution in [3.8, 4) is 0 Å². The van der Waals surface area contributed by atoms with Crippen molar-refractivity contribution in [2.24, 2.45) is 0 Å². The van der Waals surface area contributed by atoms with Gasteiger partial charge in [0, 0.05) is 10.3 Å². The van der Waals surface area contributed by atoms with Gasteiger partial charge in [-0.05, 0) is 44.5 Å². The van der Waals surface area contributed by atoms with Crippen LogP contribution in [0.2, 0.25) is 5.02 Å². The van der Waals surface area contributed by atoms with E-state index in [1.165, 1.54) is 41.2 Å². The van der Waals surface area contributed by atoms with Crippen LogP contribution < -0.4 is 5.32 Å². The number of thioether (sulfide) groups is 1. The number of aromatic nitrogens is 2. The second-order valence-electron chi connectivity index (χ2n) is 5.52. The van der Waals surface area contributed by atoms with Crippen molar-refractivity contribution in [3.63, 3.8) is 0 Å². The molecule has 1 atom stereocenters. The van der Waals surface area contributed by atoms with Crippen LogP contribution >= 0.6 is 34.7 Å². The molecule has 25 heavy (non-hydrogen) atoms. The molecule has 3 rings (SSSR count). The van der Waals surface area contributed by atoms with E-state index in [2.05, 4.69) is 15.3 Å². The highest BCUT2D eigenvalue weighted by molar-refractivity contribution is 8.00. The Bertz CT molecular complexity index is 960. The maximum Gasteiger partial charge on any atom is 0.237 e. The first-order chi connectivity index (χ1) is 11.9. The number of hydrogen-bond acceptors (Lipinski definition) is 5. The summed E-state index contributed by atoms with van der Waals surface area (Å²) in [5.41, 5.74) is 1.52. The summed E-state index contributed by atoms with van der Waals surface area (Å²) in [6, 6.07) is 3.87. The first kappa shape index (κ1) is 18.1. The SMILES string of the molecule is Cc1sc2ncnc(S[C@H](C)C(=O)Nc3ccc(F)cc3Cl)c2c1C. The Labute approximate surface area is 157 Å². The van der Waals surface area contributed by atoms with Crippen LogP contribution in [0.5, 0.6) is 0 Å². The molecule has 2 heterocycles. The first-order valence-corrected chi connectivity index (χ1v) is 9.57. The summed E-state index contributed by atoms with van der Waals surface area (Å²) in [4.78, 5) is 23.2.